The van der Waals surface area contributed by atoms with Gasteiger partial charge >= 0.3 is 0 Å². The average molecular weight is 378 g/mol. The van der Waals surface area contributed by atoms with Crippen molar-refractivity contribution in [3.05, 3.63) is 27.8 Å². The first-order chi connectivity index (χ1) is 8.65. The lowest BCUT2D eigenvalue weighted by Crippen LogP contribution is -2.30. The molecule has 0 saturated heterocycles. The van der Waals surface area contributed by atoms with Crippen LogP contribution in [0, 0.1) is 8.99 Å². The lowest BCUT2D eigenvalue weighted by molar-refractivity contribution is 0.143. The number of rotatable bonds is 8. The number of hydrogen-bond acceptors (Lipinski definition) is 2. The maximum atomic E-state index is 5.99. The van der Waals surface area contributed by atoms with E-state index in [9.17, 15) is 0 Å². The molecule has 0 aliphatic rings. The van der Waals surface area contributed by atoms with Crippen LogP contribution < -0.4 is 4.74 Å². The molecule has 0 aromatic heterocycles. The Balaban J connectivity index is 2.66. The summed E-state index contributed by atoms with van der Waals surface area (Å²) in [5.41, 5.74) is 0.230. The zero-order chi connectivity index (χ0) is 13.4. The number of halogens is 1. The molecule has 0 aliphatic carbocycles. The molecule has 0 saturated carbocycles. The first kappa shape index (κ1) is 16.2. The number of benzene rings is 1. The normalized spacial score (nSPS) is 11.6. The summed E-state index contributed by atoms with van der Waals surface area (Å²) in [5.74, 6) is 1.87. The molecular weight excluding hydrogens is 355 g/mol. The fourth-order valence-electron chi connectivity index (χ4n) is 2.33. The van der Waals surface area contributed by atoms with E-state index in [0.717, 1.165) is 18.1 Å². The van der Waals surface area contributed by atoms with Crippen LogP contribution in [0.25, 0.3) is 0 Å². The molecule has 18 heavy (non-hydrogen) atoms. The van der Waals surface area contributed by atoms with E-state index in [2.05, 4.69) is 61.2 Å². The van der Waals surface area contributed by atoms with Crippen LogP contribution in [0.5, 0.6) is 5.75 Å². The minimum atomic E-state index is 0.230. The van der Waals surface area contributed by atoms with Crippen LogP contribution in [0.3, 0.4) is 0 Å². The molecule has 0 amide bonds. The second-order valence-electron chi connectivity index (χ2n) is 4.90. The molecule has 0 aliphatic heterocycles. The third kappa shape index (κ3) is 5.00. The zero-order valence-electron chi connectivity index (χ0n) is 11.3. The van der Waals surface area contributed by atoms with Crippen LogP contribution in [0.1, 0.15) is 39.5 Å². The number of thiol groups is 1. The van der Waals surface area contributed by atoms with E-state index in [1.807, 2.05) is 12.1 Å². The number of ether oxygens (including phenoxy) is 1. The highest BCUT2D eigenvalue weighted by Crippen LogP contribution is 2.32. The van der Waals surface area contributed by atoms with Crippen molar-refractivity contribution in [1.82, 2.24) is 0 Å². The Kier molecular flexibility index (Phi) is 7.46. The maximum absolute atomic E-state index is 5.99. The minimum absolute atomic E-state index is 0.230. The van der Waals surface area contributed by atoms with Crippen molar-refractivity contribution in [3.8, 4) is 5.75 Å². The summed E-state index contributed by atoms with van der Waals surface area (Å²) in [6.07, 6.45) is 4.76. The van der Waals surface area contributed by atoms with Gasteiger partial charge in [-0.2, -0.15) is 12.6 Å². The van der Waals surface area contributed by atoms with Crippen molar-refractivity contribution in [1.29, 1.82) is 0 Å². The predicted octanol–water partition coefficient (Wildman–Crippen LogP) is 5.19. The fraction of sp³-hybridized carbons (Fsp3) is 0.600. The molecule has 0 radical (unpaired) electrons. The maximum Gasteiger partial charge on any atom is 0.120 e. The van der Waals surface area contributed by atoms with E-state index in [-0.39, 0.29) is 5.41 Å². The average Bonchev–Trinajstić information content (AvgIpc) is 2.37. The molecule has 0 heterocycles. The molecular formula is C15H23IOS. The topological polar surface area (TPSA) is 9.23 Å². The van der Waals surface area contributed by atoms with E-state index in [4.69, 9.17) is 4.74 Å². The summed E-state index contributed by atoms with van der Waals surface area (Å²) in [6.45, 7) is 5.25. The van der Waals surface area contributed by atoms with Gasteiger partial charge in [-0.05, 0) is 59.4 Å². The van der Waals surface area contributed by atoms with Gasteiger partial charge in [0.1, 0.15) is 5.75 Å². The SMILES string of the molecule is CCCC(CS)(CCC)COc1cccc(I)c1. The van der Waals surface area contributed by atoms with Crippen molar-refractivity contribution in [2.24, 2.45) is 5.41 Å². The lowest BCUT2D eigenvalue weighted by Gasteiger charge is -2.31. The van der Waals surface area contributed by atoms with Crippen LogP contribution >= 0.6 is 35.2 Å². The molecule has 0 bridgehead atoms. The van der Waals surface area contributed by atoms with E-state index in [0.29, 0.717) is 0 Å². The minimum Gasteiger partial charge on any atom is -0.493 e. The molecule has 0 spiro atoms. The Morgan fingerprint density at radius 3 is 2.39 bits per heavy atom. The van der Waals surface area contributed by atoms with Crippen molar-refractivity contribution in [3.63, 3.8) is 0 Å². The Morgan fingerprint density at radius 1 is 1.22 bits per heavy atom. The van der Waals surface area contributed by atoms with Gasteiger partial charge in [0.05, 0.1) is 6.61 Å². The smallest absolute Gasteiger partial charge is 0.120 e. The second kappa shape index (κ2) is 8.31. The molecule has 102 valence electrons. The Morgan fingerprint density at radius 2 is 1.89 bits per heavy atom. The molecule has 1 aromatic rings. The summed E-state index contributed by atoms with van der Waals surface area (Å²) in [5, 5.41) is 0. The summed E-state index contributed by atoms with van der Waals surface area (Å²) >= 11 is 6.87. The van der Waals surface area contributed by atoms with Gasteiger partial charge in [-0.3, -0.25) is 0 Å². The van der Waals surface area contributed by atoms with Crippen molar-refractivity contribution >= 4 is 35.2 Å². The molecule has 0 N–H and O–H groups in total. The van der Waals surface area contributed by atoms with Gasteiger partial charge < -0.3 is 4.74 Å². The third-order valence-corrected chi connectivity index (χ3v) is 4.58. The zero-order valence-corrected chi connectivity index (χ0v) is 14.3. The van der Waals surface area contributed by atoms with Crippen LogP contribution in [0.4, 0.5) is 0 Å². The fourth-order valence-corrected chi connectivity index (χ4v) is 3.25. The highest BCUT2D eigenvalue weighted by Gasteiger charge is 2.27. The van der Waals surface area contributed by atoms with Crippen LogP contribution in [-0.4, -0.2) is 12.4 Å². The largest absolute Gasteiger partial charge is 0.493 e. The lowest BCUT2D eigenvalue weighted by atomic mass is 9.82. The third-order valence-electron chi connectivity index (χ3n) is 3.24. The predicted molar refractivity (Wildman–Crippen MR) is 90.8 cm³/mol. The molecule has 0 unspecified atom stereocenters. The molecule has 0 atom stereocenters. The highest BCUT2D eigenvalue weighted by molar-refractivity contribution is 14.1. The van der Waals surface area contributed by atoms with Crippen LogP contribution in [-0.2, 0) is 0 Å². The second-order valence-corrected chi connectivity index (χ2v) is 6.47. The quantitative estimate of drug-likeness (QED) is 0.484. The van der Waals surface area contributed by atoms with Gasteiger partial charge in [0.2, 0.25) is 0 Å². The standard InChI is InChI=1S/C15H23IOS/c1-3-8-15(12-18,9-4-2)11-17-14-7-5-6-13(16)10-14/h5-7,10,18H,3-4,8-9,11-12H2,1-2H3. The molecule has 0 fully saturated rings. The monoisotopic (exact) mass is 378 g/mol. The van der Waals surface area contributed by atoms with E-state index in [1.54, 1.807) is 0 Å². The molecule has 3 heteroatoms. The van der Waals surface area contributed by atoms with E-state index in [1.165, 1.54) is 29.3 Å². The summed E-state index contributed by atoms with van der Waals surface area (Å²) in [6, 6.07) is 8.24. The van der Waals surface area contributed by atoms with Crippen molar-refractivity contribution in [2.45, 2.75) is 39.5 Å². The van der Waals surface area contributed by atoms with Gasteiger partial charge in [0.25, 0.3) is 0 Å². The van der Waals surface area contributed by atoms with Gasteiger partial charge in [-0.15, -0.1) is 0 Å². The molecule has 1 nitrogen and oxygen atoms in total. The summed E-state index contributed by atoms with van der Waals surface area (Å²) in [7, 11) is 0. The first-order valence-corrected chi connectivity index (χ1v) is 8.36. The van der Waals surface area contributed by atoms with E-state index < -0.39 is 0 Å². The first-order valence-electron chi connectivity index (χ1n) is 6.65. The van der Waals surface area contributed by atoms with Crippen molar-refractivity contribution < 1.29 is 4.74 Å². The van der Waals surface area contributed by atoms with Gasteiger partial charge in [-0.25, -0.2) is 0 Å². The van der Waals surface area contributed by atoms with Gasteiger partial charge in [0, 0.05) is 8.99 Å². The number of hydrogen-bond donors (Lipinski definition) is 1. The summed E-state index contributed by atoms with van der Waals surface area (Å²) < 4.78 is 7.21. The van der Waals surface area contributed by atoms with E-state index >= 15 is 0 Å². The molecule has 1 rings (SSSR count). The van der Waals surface area contributed by atoms with Crippen LogP contribution in [0.15, 0.2) is 24.3 Å². The van der Waals surface area contributed by atoms with Gasteiger partial charge in [0.15, 0.2) is 0 Å². The van der Waals surface area contributed by atoms with Crippen LogP contribution in [0.2, 0.25) is 0 Å². The Hall–Kier alpha value is 0.100. The Labute approximate surface area is 130 Å². The molecule has 1 aromatic carbocycles. The summed E-state index contributed by atoms with van der Waals surface area (Å²) in [4.78, 5) is 0. The van der Waals surface area contributed by atoms with Gasteiger partial charge in [-0.1, -0.05) is 32.8 Å². The highest BCUT2D eigenvalue weighted by atomic mass is 127. The Bertz CT molecular complexity index is 348. The van der Waals surface area contributed by atoms with Crippen molar-refractivity contribution in [2.75, 3.05) is 12.4 Å².